The molecule has 0 N–H and O–H groups in total. The van der Waals surface area contributed by atoms with E-state index in [-0.39, 0.29) is 0 Å². The first-order chi connectivity index (χ1) is 7.00. The lowest BCUT2D eigenvalue weighted by Gasteiger charge is -1.69. The van der Waals surface area contributed by atoms with Crippen molar-refractivity contribution in [3.05, 3.63) is 36.4 Å². The zero-order valence-electron chi connectivity index (χ0n) is 7.43. The Kier molecular flexibility index (Phi) is 9.73. The number of rotatable bonds is 0. The molecule has 0 radical (unpaired) electrons. The lowest BCUT2D eigenvalue weighted by molar-refractivity contribution is 0.501. The Hall–Kier alpha value is -0.440. The SMILES string of the molecule is O=S(=O)(Cl)Cl.O=S(=O)(F)F.c1ccccc1. The minimum Gasteiger partial charge on any atom is -0.195 e. The van der Waals surface area contributed by atoms with Gasteiger partial charge in [-0.3, -0.25) is 0 Å². The molecule has 94 valence electrons. The summed E-state index contributed by atoms with van der Waals surface area (Å²) in [4.78, 5) is 0. The molecule has 0 bridgehead atoms. The van der Waals surface area contributed by atoms with Crippen molar-refractivity contribution in [2.45, 2.75) is 0 Å². The topological polar surface area (TPSA) is 68.3 Å². The summed E-state index contributed by atoms with van der Waals surface area (Å²) in [7, 11) is -0.853. The van der Waals surface area contributed by atoms with E-state index in [0.717, 1.165) is 0 Å². The lowest BCUT2D eigenvalue weighted by atomic mass is 10.4. The average Bonchev–Trinajstić information content (AvgIpc) is 2.01. The van der Waals surface area contributed by atoms with Gasteiger partial charge in [0.25, 0.3) is 0 Å². The van der Waals surface area contributed by atoms with Crippen LogP contribution in [0.25, 0.3) is 0 Å². The van der Waals surface area contributed by atoms with Crippen molar-refractivity contribution in [1.29, 1.82) is 0 Å². The molecule has 1 rings (SSSR count). The van der Waals surface area contributed by atoms with E-state index in [9.17, 15) is 7.77 Å². The minimum absolute atomic E-state index is 2.00. The van der Waals surface area contributed by atoms with E-state index < -0.39 is 18.9 Å². The Labute approximate surface area is 101 Å². The maximum absolute atomic E-state index is 9.99. The van der Waals surface area contributed by atoms with E-state index in [0.29, 0.717) is 0 Å². The summed E-state index contributed by atoms with van der Waals surface area (Å²) in [5.74, 6) is 0. The molecule has 0 unspecified atom stereocenters. The standard InChI is InChI=1S/C6H6.Cl2O2S.F2O2S/c1-2-4-6-5-3-1;2*1-5(2,3)4/h1-6H;;. The van der Waals surface area contributed by atoms with Gasteiger partial charge in [-0.15, -0.1) is 0 Å². The fourth-order valence-electron chi connectivity index (χ4n) is 0.385. The highest BCUT2D eigenvalue weighted by molar-refractivity contribution is 8.31. The van der Waals surface area contributed by atoms with Gasteiger partial charge in [0.1, 0.15) is 0 Å². The van der Waals surface area contributed by atoms with Crippen molar-refractivity contribution in [2.24, 2.45) is 0 Å². The van der Waals surface area contributed by atoms with E-state index in [1.165, 1.54) is 0 Å². The lowest BCUT2D eigenvalue weighted by Crippen LogP contribution is -1.69. The third-order valence-corrected chi connectivity index (χ3v) is 0.667. The smallest absolute Gasteiger partial charge is 0.195 e. The summed E-state index contributed by atoms with van der Waals surface area (Å²) in [5, 5.41) is 0. The monoisotopic (exact) mass is 314 g/mol. The molecular formula is C6H6Cl2F2O4S2. The molecule has 0 aromatic heterocycles. The van der Waals surface area contributed by atoms with Gasteiger partial charge in [0.2, 0.25) is 0 Å². The summed E-state index contributed by atoms with van der Waals surface area (Å²) >= 11 is 0. The molecule has 0 amide bonds. The van der Waals surface area contributed by atoms with Crippen LogP contribution in [0.5, 0.6) is 0 Å². The number of hydrogen-bond donors (Lipinski definition) is 0. The maximum Gasteiger partial charge on any atom is 0.476 e. The van der Waals surface area contributed by atoms with Crippen LogP contribution in [0.15, 0.2) is 36.4 Å². The molecule has 0 saturated carbocycles. The predicted octanol–water partition coefficient (Wildman–Crippen LogP) is 2.57. The molecule has 0 aliphatic carbocycles. The van der Waals surface area contributed by atoms with Crippen LogP contribution in [0, 0.1) is 0 Å². The maximum atomic E-state index is 9.99. The third-order valence-electron chi connectivity index (χ3n) is 0.667. The molecule has 0 aliphatic rings. The summed E-state index contributed by atoms with van der Waals surface area (Å²) in [6.45, 7) is 0. The van der Waals surface area contributed by atoms with E-state index in [4.69, 9.17) is 16.8 Å². The van der Waals surface area contributed by atoms with Crippen LogP contribution in [0.4, 0.5) is 7.77 Å². The van der Waals surface area contributed by atoms with Crippen LogP contribution in [0.1, 0.15) is 0 Å². The van der Waals surface area contributed by atoms with E-state index in [2.05, 4.69) is 21.4 Å². The van der Waals surface area contributed by atoms with Crippen LogP contribution < -0.4 is 0 Å². The Bertz CT molecular complexity index is 388. The van der Waals surface area contributed by atoms with Gasteiger partial charge in [-0.05, 0) is 0 Å². The molecule has 16 heavy (non-hydrogen) atoms. The molecule has 1 aromatic rings. The second-order valence-corrected chi connectivity index (χ2v) is 6.34. The second kappa shape index (κ2) is 8.68. The van der Waals surface area contributed by atoms with E-state index in [1.54, 1.807) is 0 Å². The average molecular weight is 315 g/mol. The highest BCUT2D eigenvalue weighted by atomic mass is 36.0. The van der Waals surface area contributed by atoms with Crippen LogP contribution in [-0.4, -0.2) is 16.8 Å². The normalized spacial score (nSPS) is 10.2. The van der Waals surface area contributed by atoms with Crippen LogP contribution in [0.3, 0.4) is 0 Å². The zero-order chi connectivity index (χ0) is 13.2. The quantitative estimate of drug-likeness (QED) is 0.690. The Morgan fingerprint density at radius 3 is 0.812 bits per heavy atom. The van der Waals surface area contributed by atoms with Gasteiger partial charge in [-0.2, -0.15) is 16.8 Å². The van der Waals surface area contributed by atoms with Gasteiger partial charge in [-0.1, -0.05) is 44.2 Å². The predicted molar refractivity (Wildman–Crippen MR) is 58.2 cm³/mol. The largest absolute Gasteiger partial charge is 0.476 e. The third kappa shape index (κ3) is 69.2. The fourth-order valence-corrected chi connectivity index (χ4v) is 0.385. The van der Waals surface area contributed by atoms with Gasteiger partial charge in [-0.25, -0.2) is 0 Å². The molecule has 0 atom stereocenters. The summed E-state index contributed by atoms with van der Waals surface area (Å²) in [6.07, 6.45) is 0. The highest BCUT2D eigenvalue weighted by Crippen LogP contribution is 1.98. The molecule has 0 heterocycles. The minimum atomic E-state index is -5.67. The molecule has 0 aliphatic heterocycles. The van der Waals surface area contributed by atoms with Gasteiger partial charge in [0.05, 0.1) is 0 Å². The van der Waals surface area contributed by atoms with Gasteiger partial charge in [0.15, 0.2) is 0 Å². The molecule has 0 fully saturated rings. The molecule has 1 aromatic carbocycles. The van der Waals surface area contributed by atoms with E-state index >= 15 is 0 Å². The van der Waals surface area contributed by atoms with Crippen LogP contribution in [0.2, 0.25) is 0 Å². The summed E-state index contributed by atoms with van der Waals surface area (Å²) in [6, 6.07) is 12.0. The van der Waals surface area contributed by atoms with Gasteiger partial charge in [0, 0.05) is 21.4 Å². The fraction of sp³-hybridized carbons (Fsp3) is 0. The molecule has 4 nitrogen and oxygen atoms in total. The molecular weight excluding hydrogens is 309 g/mol. The number of hydrogen-bond acceptors (Lipinski definition) is 4. The zero-order valence-corrected chi connectivity index (χ0v) is 10.6. The second-order valence-electron chi connectivity index (χ2n) is 1.91. The van der Waals surface area contributed by atoms with Crippen molar-refractivity contribution >= 4 is 40.2 Å². The number of halogens is 4. The summed E-state index contributed by atoms with van der Waals surface area (Å²) < 4.78 is 54.9. The van der Waals surface area contributed by atoms with E-state index in [1.807, 2.05) is 36.4 Å². The Morgan fingerprint density at radius 1 is 0.688 bits per heavy atom. The van der Waals surface area contributed by atoms with Crippen molar-refractivity contribution in [2.75, 3.05) is 0 Å². The van der Waals surface area contributed by atoms with Gasteiger partial charge < -0.3 is 0 Å². The Morgan fingerprint density at radius 2 is 0.750 bits per heavy atom. The van der Waals surface area contributed by atoms with Crippen molar-refractivity contribution in [1.82, 2.24) is 0 Å². The first-order valence-corrected chi connectivity index (χ1v) is 7.70. The first kappa shape index (κ1) is 17.9. The van der Waals surface area contributed by atoms with Gasteiger partial charge >= 0.3 is 18.9 Å². The summed E-state index contributed by atoms with van der Waals surface area (Å²) in [5.41, 5.74) is 0. The number of benzene rings is 1. The molecule has 0 saturated heterocycles. The van der Waals surface area contributed by atoms with Crippen molar-refractivity contribution < 1.29 is 24.6 Å². The Balaban J connectivity index is 0. The molecule has 10 heteroatoms. The highest BCUT2D eigenvalue weighted by Gasteiger charge is 1.94. The van der Waals surface area contributed by atoms with Crippen molar-refractivity contribution in [3.63, 3.8) is 0 Å². The molecule has 0 spiro atoms. The van der Waals surface area contributed by atoms with Crippen molar-refractivity contribution in [3.8, 4) is 0 Å². The van der Waals surface area contributed by atoms with Crippen LogP contribution in [-0.2, 0) is 18.9 Å². The van der Waals surface area contributed by atoms with Crippen LogP contribution >= 0.6 is 21.4 Å². The first-order valence-electron chi connectivity index (χ1n) is 3.28.